The van der Waals surface area contributed by atoms with Gasteiger partial charge in [-0.3, -0.25) is 9.78 Å². The van der Waals surface area contributed by atoms with Crippen molar-refractivity contribution in [1.82, 2.24) is 30.8 Å². The van der Waals surface area contributed by atoms with Crippen molar-refractivity contribution in [2.75, 3.05) is 7.05 Å². The number of aliphatic hydroxyl groups is 2. The van der Waals surface area contributed by atoms with Gasteiger partial charge >= 0.3 is 12.1 Å². The number of thiazole rings is 2. The summed E-state index contributed by atoms with van der Waals surface area (Å²) in [5.74, 6) is -0.270. The van der Waals surface area contributed by atoms with Crippen LogP contribution in [0.3, 0.4) is 0 Å². The van der Waals surface area contributed by atoms with Gasteiger partial charge in [0.2, 0.25) is 5.91 Å². The number of nitrogens with zero attached hydrogens (tertiary/aromatic N) is 3. The molecular formula is C35H44N6O6S2. The number of ether oxygens (including phenoxy) is 1. The van der Waals surface area contributed by atoms with E-state index in [1.807, 2.05) is 66.0 Å². The van der Waals surface area contributed by atoms with E-state index in [4.69, 9.17) is 4.74 Å². The predicted octanol–water partition coefficient (Wildman–Crippen LogP) is 4.24. The highest BCUT2D eigenvalue weighted by molar-refractivity contribution is 7.09. The highest BCUT2D eigenvalue weighted by Gasteiger charge is 2.35. The second-order valence-electron chi connectivity index (χ2n) is 12.1. The zero-order chi connectivity index (χ0) is 35.3. The Hall–Kier alpha value is -4.37. The van der Waals surface area contributed by atoms with Crippen LogP contribution in [0.25, 0.3) is 0 Å². The lowest BCUT2D eigenvalue weighted by atomic mass is 9.91. The van der Waals surface area contributed by atoms with E-state index in [-0.39, 0.29) is 31.9 Å². The Morgan fingerprint density at radius 1 is 0.857 bits per heavy atom. The van der Waals surface area contributed by atoms with Crippen molar-refractivity contribution >= 4 is 40.7 Å². The minimum Gasteiger partial charge on any atom is -0.444 e. The Morgan fingerprint density at radius 3 is 1.98 bits per heavy atom. The number of nitrogens with one attached hydrogen (secondary N) is 3. The van der Waals surface area contributed by atoms with E-state index in [0.29, 0.717) is 0 Å². The quantitative estimate of drug-likeness (QED) is 0.115. The van der Waals surface area contributed by atoms with Crippen LogP contribution in [0.4, 0.5) is 9.59 Å². The number of rotatable bonds is 16. The van der Waals surface area contributed by atoms with Gasteiger partial charge in [0.05, 0.1) is 39.7 Å². The SMILES string of the molecule is CC(C)c1nc(CN(C)C(=O)N[C@@H](C)C(=O)N[C@@H](Cc2ccccc2)[C@H](O)[C@@H](O)[C@H](Cc2ccccc2)NC(=O)OCc2cncs2)cs1. The first-order chi connectivity index (χ1) is 23.5. The van der Waals surface area contributed by atoms with Crippen LogP contribution in [-0.4, -0.2) is 80.5 Å². The van der Waals surface area contributed by atoms with Crippen LogP contribution < -0.4 is 16.0 Å². The molecule has 2 aromatic heterocycles. The van der Waals surface area contributed by atoms with Gasteiger partial charge in [0.25, 0.3) is 0 Å². The molecule has 0 spiro atoms. The summed E-state index contributed by atoms with van der Waals surface area (Å²) in [6.45, 7) is 5.93. The smallest absolute Gasteiger partial charge is 0.407 e. The van der Waals surface area contributed by atoms with E-state index in [9.17, 15) is 24.6 Å². The highest BCUT2D eigenvalue weighted by atomic mass is 32.1. The Labute approximate surface area is 294 Å². The number of benzene rings is 2. The van der Waals surface area contributed by atoms with Gasteiger partial charge in [-0.05, 0) is 30.9 Å². The normalized spacial score (nSPS) is 14.3. The Morgan fingerprint density at radius 2 is 1.45 bits per heavy atom. The van der Waals surface area contributed by atoms with Crippen molar-refractivity contribution in [3.05, 3.63) is 104 Å². The number of amides is 4. The summed E-state index contributed by atoms with van der Waals surface area (Å²) in [6.07, 6.45) is -1.87. The van der Waals surface area contributed by atoms with Gasteiger partial charge in [-0.2, -0.15) is 0 Å². The number of alkyl carbamates (subject to hydrolysis) is 1. The fraction of sp³-hybridized carbons (Fsp3) is 0.400. The first-order valence-electron chi connectivity index (χ1n) is 16.0. The number of hydrogen-bond donors (Lipinski definition) is 5. The van der Waals surface area contributed by atoms with Gasteiger partial charge in [-0.15, -0.1) is 22.7 Å². The van der Waals surface area contributed by atoms with Gasteiger partial charge < -0.3 is 35.8 Å². The molecule has 12 nitrogen and oxygen atoms in total. The third-order valence-corrected chi connectivity index (χ3v) is 9.72. The lowest BCUT2D eigenvalue weighted by molar-refractivity contribution is -0.125. The summed E-state index contributed by atoms with van der Waals surface area (Å²) in [5, 5.41) is 34.3. The Balaban J connectivity index is 1.45. The molecule has 5 atom stereocenters. The van der Waals surface area contributed by atoms with Gasteiger partial charge in [-0.1, -0.05) is 74.5 Å². The monoisotopic (exact) mass is 708 g/mol. The number of carbonyl (C=O) groups excluding carboxylic acids is 3. The van der Waals surface area contributed by atoms with Crippen LogP contribution in [0.2, 0.25) is 0 Å². The van der Waals surface area contributed by atoms with E-state index in [1.165, 1.54) is 27.6 Å². The minimum absolute atomic E-state index is 0.00144. The van der Waals surface area contributed by atoms with Gasteiger partial charge in [0.1, 0.15) is 24.9 Å². The van der Waals surface area contributed by atoms with Crippen LogP contribution in [0.1, 0.15) is 53.4 Å². The second kappa shape index (κ2) is 18.4. The largest absolute Gasteiger partial charge is 0.444 e. The standard InChI is InChI=1S/C35H44N6O6S2/c1-22(2)33-38-26(20-48-33)18-41(4)34(45)37-23(3)32(44)39-28(15-24-11-7-5-8-12-24)30(42)31(43)29(16-25-13-9-6-10-14-25)40-35(46)47-19-27-17-36-21-49-27/h5-14,17,20-23,28-31,42-43H,15-16,18-19H2,1-4H3,(H,37,45)(H,39,44)(H,40,46)/t23-,28-,29-,30-,31-/m0/s1. The Kier molecular flexibility index (Phi) is 14.1. The van der Waals surface area contributed by atoms with Crippen LogP contribution in [-0.2, 0) is 35.5 Å². The number of hydrogen-bond acceptors (Lipinski definition) is 10. The van der Waals surface area contributed by atoms with Gasteiger partial charge in [0.15, 0.2) is 0 Å². The molecule has 4 aromatic rings. The molecule has 2 aromatic carbocycles. The second-order valence-corrected chi connectivity index (χ2v) is 14.0. The first kappa shape index (κ1) is 37.4. The zero-order valence-corrected chi connectivity index (χ0v) is 29.6. The lowest BCUT2D eigenvalue weighted by Crippen LogP contribution is -2.59. The average Bonchev–Trinajstić information content (AvgIpc) is 3.80. The van der Waals surface area contributed by atoms with Crippen molar-refractivity contribution in [3.63, 3.8) is 0 Å². The minimum atomic E-state index is -1.52. The van der Waals surface area contributed by atoms with Crippen molar-refractivity contribution < 1.29 is 29.3 Å². The van der Waals surface area contributed by atoms with Crippen molar-refractivity contribution in [3.8, 4) is 0 Å². The highest BCUT2D eigenvalue weighted by Crippen LogP contribution is 2.20. The fourth-order valence-electron chi connectivity index (χ4n) is 5.01. The summed E-state index contributed by atoms with van der Waals surface area (Å²) < 4.78 is 5.35. The van der Waals surface area contributed by atoms with E-state index >= 15 is 0 Å². The molecule has 5 N–H and O–H groups in total. The molecule has 4 rings (SSSR count). The molecule has 4 amide bonds. The molecule has 0 aliphatic rings. The van der Waals surface area contributed by atoms with Gasteiger partial charge in [-0.25, -0.2) is 14.6 Å². The molecule has 0 fully saturated rings. The van der Waals surface area contributed by atoms with Crippen LogP contribution in [0.15, 0.2) is 77.8 Å². The summed E-state index contributed by atoms with van der Waals surface area (Å²) in [7, 11) is 1.62. The maximum absolute atomic E-state index is 13.5. The van der Waals surface area contributed by atoms with E-state index in [0.717, 1.165) is 26.7 Å². The van der Waals surface area contributed by atoms with Crippen molar-refractivity contribution in [2.24, 2.45) is 0 Å². The maximum Gasteiger partial charge on any atom is 0.407 e. The summed E-state index contributed by atoms with van der Waals surface area (Å²) >= 11 is 2.88. The summed E-state index contributed by atoms with van der Waals surface area (Å²) in [4.78, 5) is 50.0. The van der Waals surface area contributed by atoms with Crippen molar-refractivity contribution in [1.29, 1.82) is 0 Å². The molecule has 0 unspecified atom stereocenters. The Bertz CT molecular complexity index is 1610. The lowest BCUT2D eigenvalue weighted by Gasteiger charge is -2.33. The third kappa shape index (κ3) is 11.6. The van der Waals surface area contributed by atoms with E-state index in [2.05, 4.69) is 39.8 Å². The third-order valence-electron chi connectivity index (χ3n) is 7.77. The number of urea groups is 1. The molecule has 0 aliphatic heterocycles. The van der Waals surface area contributed by atoms with Crippen molar-refractivity contribution in [2.45, 2.75) is 83.0 Å². The molecule has 0 bridgehead atoms. The molecule has 49 heavy (non-hydrogen) atoms. The molecule has 262 valence electrons. The first-order valence-corrected chi connectivity index (χ1v) is 17.8. The molecular weight excluding hydrogens is 665 g/mol. The van der Waals surface area contributed by atoms with Gasteiger partial charge in [0, 0.05) is 24.5 Å². The topological polar surface area (TPSA) is 166 Å². The van der Waals surface area contributed by atoms with E-state index < -0.39 is 48.4 Å². The molecule has 0 radical (unpaired) electrons. The number of aromatic nitrogens is 2. The van der Waals surface area contributed by atoms with Crippen LogP contribution in [0.5, 0.6) is 0 Å². The molecule has 0 saturated carbocycles. The maximum atomic E-state index is 13.5. The molecule has 0 aliphatic carbocycles. The van der Waals surface area contributed by atoms with Crippen LogP contribution >= 0.6 is 22.7 Å². The number of aliphatic hydroxyl groups excluding tert-OH is 2. The average molecular weight is 709 g/mol. The summed E-state index contributed by atoms with van der Waals surface area (Å²) in [5.41, 5.74) is 4.00. The molecule has 2 heterocycles. The molecule has 0 saturated heterocycles. The number of carbonyl (C=O) groups is 3. The summed E-state index contributed by atoms with van der Waals surface area (Å²) in [6, 6.07) is 15.0. The fourth-order valence-corrected chi connectivity index (χ4v) is 6.35. The zero-order valence-electron chi connectivity index (χ0n) is 28.0. The molecule has 14 heteroatoms. The predicted molar refractivity (Wildman–Crippen MR) is 189 cm³/mol. The van der Waals surface area contributed by atoms with E-state index in [1.54, 1.807) is 25.7 Å². The van der Waals surface area contributed by atoms with Crippen LogP contribution in [0, 0.1) is 0 Å².